The van der Waals surface area contributed by atoms with Crippen molar-refractivity contribution in [2.75, 3.05) is 31.9 Å². The van der Waals surface area contributed by atoms with E-state index in [0.29, 0.717) is 17.3 Å². The van der Waals surface area contributed by atoms with Crippen LogP contribution in [-0.2, 0) is 0 Å². The van der Waals surface area contributed by atoms with Crippen molar-refractivity contribution in [2.24, 2.45) is 0 Å². The number of piperidine rings is 1. The normalized spacial score (nSPS) is 23.4. The van der Waals surface area contributed by atoms with Crippen LogP contribution >= 0.6 is 0 Å². The van der Waals surface area contributed by atoms with Gasteiger partial charge in [0.1, 0.15) is 5.75 Å². The monoisotopic (exact) mass is 289 g/mol. The maximum absolute atomic E-state index is 12.6. The standard InChI is InChI=1S/C16H23N3O2/c17-14-6-5-12(10-15(14)20)16(21)19-9-3-4-13(11-19)18-7-1-2-8-18/h5-6,10,13,20H,1-4,7-9,11,17H2. The number of nitrogen functional groups attached to an aromatic ring is 1. The SMILES string of the molecule is Nc1ccc(C(=O)N2CCCC(N3CCCC3)C2)cc1O. The number of phenols is 1. The molecule has 1 unspecified atom stereocenters. The van der Waals surface area contributed by atoms with E-state index in [2.05, 4.69) is 4.90 Å². The van der Waals surface area contributed by atoms with E-state index in [1.807, 2.05) is 4.90 Å². The quantitative estimate of drug-likeness (QED) is 0.642. The smallest absolute Gasteiger partial charge is 0.254 e. The van der Waals surface area contributed by atoms with E-state index in [1.54, 1.807) is 12.1 Å². The lowest BCUT2D eigenvalue weighted by Gasteiger charge is -2.37. The van der Waals surface area contributed by atoms with E-state index in [4.69, 9.17) is 5.73 Å². The van der Waals surface area contributed by atoms with Crippen molar-refractivity contribution in [1.82, 2.24) is 9.80 Å². The predicted molar refractivity (Wildman–Crippen MR) is 82.3 cm³/mol. The van der Waals surface area contributed by atoms with E-state index in [-0.39, 0.29) is 11.7 Å². The van der Waals surface area contributed by atoms with Gasteiger partial charge in [-0.25, -0.2) is 0 Å². The molecule has 1 amide bonds. The molecule has 2 aliphatic rings. The summed E-state index contributed by atoms with van der Waals surface area (Å²) in [7, 11) is 0. The first kappa shape index (κ1) is 14.2. The first-order valence-corrected chi connectivity index (χ1v) is 7.77. The molecule has 114 valence electrons. The summed E-state index contributed by atoms with van der Waals surface area (Å²) in [6.45, 7) is 3.92. The second-order valence-electron chi connectivity index (χ2n) is 6.06. The lowest BCUT2D eigenvalue weighted by molar-refractivity contribution is 0.0607. The number of carbonyl (C=O) groups excluding carboxylic acids is 1. The van der Waals surface area contributed by atoms with Gasteiger partial charge < -0.3 is 15.7 Å². The van der Waals surface area contributed by atoms with Crippen molar-refractivity contribution < 1.29 is 9.90 Å². The summed E-state index contributed by atoms with van der Waals surface area (Å²) < 4.78 is 0. The van der Waals surface area contributed by atoms with Crippen molar-refractivity contribution in [2.45, 2.75) is 31.7 Å². The minimum atomic E-state index is -0.0195. The van der Waals surface area contributed by atoms with Crippen LogP contribution in [0.2, 0.25) is 0 Å². The molecule has 5 nitrogen and oxygen atoms in total. The van der Waals surface area contributed by atoms with Crippen LogP contribution in [0.3, 0.4) is 0 Å². The molecule has 1 atom stereocenters. The van der Waals surface area contributed by atoms with Gasteiger partial charge in [0.25, 0.3) is 5.91 Å². The average molecular weight is 289 g/mol. The number of carbonyl (C=O) groups is 1. The molecule has 3 rings (SSSR count). The zero-order chi connectivity index (χ0) is 14.8. The molecule has 3 N–H and O–H groups in total. The van der Waals surface area contributed by atoms with E-state index in [0.717, 1.165) is 32.6 Å². The van der Waals surface area contributed by atoms with Gasteiger partial charge in [0.05, 0.1) is 5.69 Å². The molecule has 0 bridgehead atoms. The number of phenolic OH excluding ortho intramolecular Hbond substituents is 1. The van der Waals surface area contributed by atoms with E-state index in [9.17, 15) is 9.90 Å². The lowest BCUT2D eigenvalue weighted by Crippen LogP contribution is -2.48. The van der Waals surface area contributed by atoms with Crippen molar-refractivity contribution in [3.8, 4) is 5.75 Å². The zero-order valence-electron chi connectivity index (χ0n) is 12.3. The first-order chi connectivity index (χ1) is 10.1. The Morgan fingerprint density at radius 1 is 1.19 bits per heavy atom. The van der Waals surface area contributed by atoms with Crippen LogP contribution in [0.1, 0.15) is 36.0 Å². The second kappa shape index (κ2) is 5.93. The Kier molecular flexibility index (Phi) is 4.01. The van der Waals surface area contributed by atoms with Crippen LogP contribution in [0.5, 0.6) is 5.75 Å². The van der Waals surface area contributed by atoms with Gasteiger partial charge in [-0.05, 0) is 57.0 Å². The predicted octanol–water partition coefficient (Wildman–Crippen LogP) is 1.67. The zero-order valence-corrected chi connectivity index (χ0v) is 12.3. The molecule has 2 saturated heterocycles. The number of nitrogens with two attached hydrogens (primary N) is 1. The fraction of sp³-hybridized carbons (Fsp3) is 0.562. The third kappa shape index (κ3) is 2.97. The number of hydrogen-bond acceptors (Lipinski definition) is 4. The summed E-state index contributed by atoms with van der Waals surface area (Å²) in [5.41, 5.74) is 6.41. The van der Waals surface area contributed by atoms with Crippen LogP contribution in [-0.4, -0.2) is 53.0 Å². The van der Waals surface area contributed by atoms with Gasteiger partial charge in [-0.15, -0.1) is 0 Å². The van der Waals surface area contributed by atoms with E-state index in [1.165, 1.54) is 25.3 Å². The van der Waals surface area contributed by atoms with Gasteiger partial charge in [0.15, 0.2) is 0 Å². The maximum Gasteiger partial charge on any atom is 0.254 e. The molecule has 0 aromatic heterocycles. The van der Waals surface area contributed by atoms with Gasteiger partial charge in [-0.3, -0.25) is 9.69 Å². The highest BCUT2D eigenvalue weighted by Gasteiger charge is 2.29. The van der Waals surface area contributed by atoms with Crippen LogP contribution in [0, 0.1) is 0 Å². The Balaban J connectivity index is 1.70. The summed E-state index contributed by atoms with van der Waals surface area (Å²) in [6.07, 6.45) is 4.77. The number of hydrogen-bond donors (Lipinski definition) is 2. The fourth-order valence-corrected chi connectivity index (χ4v) is 3.40. The van der Waals surface area contributed by atoms with Gasteiger partial charge in [-0.2, -0.15) is 0 Å². The molecular weight excluding hydrogens is 266 g/mol. The highest BCUT2D eigenvalue weighted by molar-refractivity contribution is 5.95. The average Bonchev–Trinajstić information content (AvgIpc) is 3.04. The number of likely N-dealkylation sites (tertiary alicyclic amines) is 2. The fourth-order valence-electron chi connectivity index (χ4n) is 3.40. The number of nitrogens with zero attached hydrogens (tertiary/aromatic N) is 2. The van der Waals surface area contributed by atoms with Crippen LogP contribution < -0.4 is 5.73 Å². The molecule has 2 aliphatic heterocycles. The molecule has 0 saturated carbocycles. The number of rotatable bonds is 2. The number of aromatic hydroxyl groups is 1. The van der Waals surface area contributed by atoms with Crippen molar-refractivity contribution >= 4 is 11.6 Å². The minimum Gasteiger partial charge on any atom is -0.506 e. The topological polar surface area (TPSA) is 69.8 Å². The molecule has 1 aromatic carbocycles. The van der Waals surface area contributed by atoms with Crippen LogP contribution in [0.15, 0.2) is 18.2 Å². The van der Waals surface area contributed by atoms with E-state index < -0.39 is 0 Å². The third-order valence-electron chi connectivity index (χ3n) is 4.62. The number of benzene rings is 1. The van der Waals surface area contributed by atoms with Crippen molar-refractivity contribution in [3.05, 3.63) is 23.8 Å². The molecule has 0 aliphatic carbocycles. The van der Waals surface area contributed by atoms with Crippen molar-refractivity contribution in [3.63, 3.8) is 0 Å². The first-order valence-electron chi connectivity index (χ1n) is 7.77. The van der Waals surface area contributed by atoms with Crippen molar-refractivity contribution in [1.29, 1.82) is 0 Å². The lowest BCUT2D eigenvalue weighted by atomic mass is 10.0. The summed E-state index contributed by atoms with van der Waals surface area (Å²) in [5.74, 6) is -0.0249. The summed E-state index contributed by atoms with van der Waals surface area (Å²) in [4.78, 5) is 17.0. The molecule has 0 spiro atoms. The van der Waals surface area contributed by atoms with Gasteiger partial charge in [-0.1, -0.05) is 0 Å². The third-order valence-corrected chi connectivity index (χ3v) is 4.62. The molecule has 5 heteroatoms. The number of anilines is 1. The van der Waals surface area contributed by atoms with Gasteiger partial charge in [0, 0.05) is 24.7 Å². The highest BCUT2D eigenvalue weighted by Crippen LogP contribution is 2.24. The molecule has 21 heavy (non-hydrogen) atoms. The Bertz CT molecular complexity index is 526. The molecule has 1 aromatic rings. The summed E-state index contributed by atoms with van der Waals surface area (Å²) >= 11 is 0. The molecule has 0 radical (unpaired) electrons. The van der Waals surface area contributed by atoms with Crippen LogP contribution in [0.4, 0.5) is 5.69 Å². The Labute approximate surface area is 125 Å². The Morgan fingerprint density at radius 2 is 1.95 bits per heavy atom. The Hall–Kier alpha value is -1.75. The second-order valence-corrected chi connectivity index (χ2v) is 6.06. The number of amides is 1. The van der Waals surface area contributed by atoms with Gasteiger partial charge >= 0.3 is 0 Å². The molecule has 2 fully saturated rings. The van der Waals surface area contributed by atoms with Gasteiger partial charge in [0.2, 0.25) is 0 Å². The Morgan fingerprint density at radius 3 is 2.67 bits per heavy atom. The summed E-state index contributed by atoms with van der Waals surface area (Å²) in [6, 6.07) is 5.24. The maximum atomic E-state index is 12.6. The summed E-state index contributed by atoms with van der Waals surface area (Å²) in [5, 5.41) is 9.67. The minimum absolute atomic E-state index is 0.00537. The molecule has 2 heterocycles. The largest absolute Gasteiger partial charge is 0.506 e. The highest BCUT2D eigenvalue weighted by atomic mass is 16.3. The van der Waals surface area contributed by atoms with Crippen LogP contribution in [0.25, 0.3) is 0 Å². The molecular formula is C16H23N3O2. The van der Waals surface area contributed by atoms with E-state index >= 15 is 0 Å².